The van der Waals surface area contributed by atoms with E-state index < -0.39 is 0 Å². The summed E-state index contributed by atoms with van der Waals surface area (Å²) in [5, 5.41) is 0. The second-order valence-electron chi connectivity index (χ2n) is 5.42. The molecule has 0 radical (unpaired) electrons. The minimum absolute atomic E-state index is 0.851. The van der Waals surface area contributed by atoms with E-state index in [4.69, 9.17) is 0 Å². The van der Waals surface area contributed by atoms with E-state index in [0.717, 1.165) is 23.7 Å². The molecular weight excluding hydrogens is 168 g/mol. The van der Waals surface area contributed by atoms with E-state index in [9.17, 15) is 0 Å². The molecule has 3 unspecified atom stereocenters. The lowest BCUT2D eigenvalue weighted by Crippen LogP contribution is -2.20. The topological polar surface area (TPSA) is 0 Å². The summed E-state index contributed by atoms with van der Waals surface area (Å²) < 4.78 is 0. The Bertz CT molecular complexity index is 126. The van der Waals surface area contributed by atoms with Crippen molar-refractivity contribution in [1.29, 1.82) is 0 Å². The van der Waals surface area contributed by atoms with Gasteiger partial charge in [-0.1, -0.05) is 60.8 Å². The van der Waals surface area contributed by atoms with Crippen LogP contribution >= 0.6 is 0 Å². The second kappa shape index (κ2) is 7.31. The third kappa shape index (κ3) is 5.02. The van der Waals surface area contributed by atoms with Crippen LogP contribution in [-0.4, -0.2) is 0 Å². The van der Waals surface area contributed by atoms with Gasteiger partial charge in [-0.2, -0.15) is 0 Å². The van der Waals surface area contributed by atoms with Crippen molar-refractivity contribution < 1.29 is 0 Å². The summed E-state index contributed by atoms with van der Waals surface area (Å²) in [5.74, 6) is 3.60. The van der Waals surface area contributed by atoms with Crippen molar-refractivity contribution in [3.05, 3.63) is 0 Å². The molecule has 14 heavy (non-hydrogen) atoms. The molecule has 0 heteroatoms. The van der Waals surface area contributed by atoms with E-state index in [1.807, 2.05) is 0 Å². The van der Waals surface area contributed by atoms with Gasteiger partial charge in [-0.05, 0) is 30.1 Å². The molecule has 0 spiro atoms. The highest BCUT2D eigenvalue weighted by Gasteiger charge is 2.21. The predicted molar refractivity (Wildman–Crippen MR) is 66.5 cm³/mol. The first-order valence-corrected chi connectivity index (χ1v) is 6.52. The Morgan fingerprint density at radius 2 is 1.50 bits per heavy atom. The number of hydrogen-bond donors (Lipinski definition) is 0. The van der Waals surface area contributed by atoms with Crippen molar-refractivity contribution in [3.63, 3.8) is 0 Å². The van der Waals surface area contributed by atoms with E-state index in [1.165, 1.54) is 25.7 Å². The van der Waals surface area contributed by atoms with Crippen LogP contribution in [0.25, 0.3) is 0 Å². The van der Waals surface area contributed by atoms with Crippen molar-refractivity contribution >= 4 is 0 Å². The average molecular weight is 198 g/mol. The van der Waals surface area contributed by atoms with Gasteiger partial charge >= 0.3 is 0 Å². The zero-order valence-electron chi connectivity index (χ0n) is 11.1. The van der Waals surface area contributed by atoms with Crippen LogP contribution in [0.2, 0.25) is 0 Å². The van der Waals surface area contributed by atoms with Gasteiger partial charge in [0.25, 0.3) is 0 Å². The summed E-state index contributed by atoms with van der Waals surface area (Å²) >= 11 is 0. The lowest BCUT2D eigenvalue weighted by Gasteiger charge is -2.29. The van der Waals surface area contributed by atoms with E-state index in [0.29, 0.717) is 0 Å². The molecular formula is C14H30. The molecule has 0 aliphatic carbocycles. The lowest BCUT2D eigenvalue weighted by molar-refractivity contribution is 0.212. The van der Waals surface area contributed by atoms with Crippen LogP contribution in [-0.2, 0) is 0 Å². The van der Waals surface area contributed by atoms with Gasteiger partial charge in [-0.25, -0.2) is 0 Å². The Morgan fingerprint density at radius 1 is 0.929 bits per heavy atom. The van der Waals surface area contributed by atoms with Gasteiger partial charge < -0.3 is 0 Å². The van der Waals surface area contributed by atoms with Crippen LogP contribution in [0, 0.1) is 23.7 Å². The molecule has 0 aromatic heterocycles. The molecule has 0 nitrogen and oxygen atoms in total. The van der Waals surface area contributed by atoms with Crippen LogP contribution in [0.1, 0.15) is 67.2 Å². The maximum absolute atomic E-state index is 2.42. The molecule has 0 N–H and O–H groups in total. The van der Waals surface area contributed by atoms with Crippen molar-refractivity contribution in [2.24, 2.45) is 23.7 Å². The highest BCUT2D eigenvalue weighted by Crippen LogP contribution is 2.31. The fourth-order valence-electron chi connectivity index (χ4n) is 2.54. The highest BCUT2D eigenvalue weighted by molar-refractivity contribution is 4.71. The molecule has 0 aliphatic rings. The monoisotopic (exact) mass is 198 g/mol. The summed E-state index contributed by atoms with van der Waals surface area (Å²) in [6.45, 7) is 14.2. The number of rotatable bonds is 7. The Hall–Kier alpha value is 0. The molecule has 0 aliphatic heterocycles. The summed E-state index contributed by atoms with van der Waals surface area (Å²) in [7, 11) is 0. The van der Waals surface area contributed by atoms with Crippen LogP contribution in [0.3, 0.4) is 0 Å². The summed E-state index contributed by atoms with van der Waals surface area (Å²) in [6.07, 6.45) is 5.51. The first-order chi connectivity index (χ1) is 6.52. The Labute approximate surface area is 91.5 Å². The highest BCUT2D eigenvalue weighted by atomic mass is 14.3. The van der Waals surface area contributed by atoms with Gasteiger partial charge in [0.15, 0.2) is 0 Å². The summed E-state index contributed by atoms with van der Waals surface area (Å²) in [6, 6.07) is 0. The Kier molecular flexibility index (Phi) is 7.31. The molecule has 0 saturated carbocycles. The molecule has 0 aromatic carbocycles. The van der Waals surface area contributed by atoms with Gasteiger partial charge in [0.2, 0.25) is 0 Å². The van der Waals surface area contributed by atoms with Gasteiger partial charge in [0.1, 0.15) is 0 Å². The van der Waals surface area contributed by atoms with Crippen molar-refractivity contribution in [1.82, 2.24) is 0 Å². The first kappa shape index (κ1) is 14.0. The zero-order valence-corrected chi connectivity index (χ0v) is 11.1. The minimum atomic E-state index is 0.851. The van der Waals surface area contributed by atoms with E-state index in [2.05, 4.69) is 41.5 Å². The quantitative estimate of drug-likeness (QED) is 0.532. The van der Waals surface area contributed by atoms with Crippen LogP contribution in [0.4, 0.5) is 0 Å². The second-order valence-corrected chi connectivity index (χ2v) is 5.42. The lowest BCUT2D eigenvalue weighted by atomic mass is 9.77. The maximum atomic E-state index is 2.42. The molecule has 86 valence electrons. The van der Waals surface area contributed by atoms with Gasteiger partial charge in [-0.15, -0.1) is 0 Å². The average Bonchev–Trinajstić information content (AvgIpc) is 2.13. The van der Waals surface area contributed by atoms with E-state index in [-0.39, 0.29) is 0 Å². The normalized spacial score (nSPS) is 18.2. The third-order valence-corrected chi connectivity index (χ3v) is 3.69. The van der Waals surface area contributed by atoms with Crippen molar-refractivity contribution in [2.45, 2.75) is 67.2 Å². The first-order valence-electron chi connectivity index (χ1n) is 6.52. The molecule has 0 heterocycles. The van der Waals surface area contributed by atoms with E-state index >= 15 is 0 Å². The molecule has 0 amide bonds. The molecule has 0 bridgehead atoms. The molecule has 0 fully saturated rings. The predicted octanol–water partition coefficient (Wildman–Crippen LogP) is 5.13. The maximum Gasteiger partial charge on any atom is -0.0363 e. The standard InChI is InChI=1S/C14H30/c1-7-9-12(5)10-14(11(3)4)13(6)8-2/h11-14H,7-10H2,1-6H3. The van der Waals surface area contributed by atoms with Crippen LogP contribution in [0.15, 0.2) is 0 Å². The van der Waals surface area contributed by atoms with Crippen LogP contribution < -0.4 is 0 Å². The Morgan fingerprint density at radius 3 is 1.86 bits per heavy atom. The fraction of sp³-hybridized carbons (Fsp3) is 1.00. The number of hydrogen-bond acceptors (Lipinski definition) is 0. The van der Waals surface area contributed by atoms with E-state index in [1.54, 1.807) is 0 Å². The van der Waals surface area contributed by atoms with Gasteiger partial charge in [-0.3, -0.25) is 0 Å². The molecule has 3 atom stereocenters. The fourth-order valence-corrected chi connectivity index (χ4v) is 2.54. The summed E-state index contributed by atoms with van der Waals surface area (Å²) in [4.78, 5) is 0. The molecule has 0 rings (SSSR count). The van der Waals surface area contributed by atoms with Crippen molar-refractivity contribution in [2.75, 3.05) is 0 Å². The molecule has 0 saturated heterocycles. The third-order valence-electron chi connectivity index (χ3n) is 3.69. The Balaban J connectivity index is 4.08. The minimum Gasteiger partial charge on any atom is -0.0654 e. The summed E-state index contributed by atoms with van der Waals surface area (Å²) in [5.41, 5.74) is 0. The van der Waals surface area contributed by atoms with Gasteiger partial charge in [0.05, 0.1) is 0 Å². The van der Waals surface area contributed by atoms with Crippen molar-refractivity contribution in [3.8, 4) is 0 Å². The smallest absolute Gasteiger partial charge is 0.0363 e. The SMILES string of the molecule is CCCC(C)CC(C(C)C)C(C)CC. The zero-order chi connectivity index (χ0) is 11.1. The van der Waals surface area contributed by atoms with Crippen LogP contribution in [0.5, 0.6) is 0 Å². The van der Waals surface area contributed by atoms with Gasteiger partial charge in [0, 0.05) is 0 Å². The molecule has 0 aromatic rings. The largest absolute Gasteiger partial charge is 0.0654 e.